The highest BCUT2D eigenvalue weighted by atomic mass is 16.5. The van der Waals surface area contributed by atoms with Gasteiger partial charge in [-0.1, -0.05) is 6.92 Å². The Morgan fingerprint density at radius 1 is 1.29 bits per heavy atom. The van der Waals surface area contributed by atoms with Crippen LogP contribution in [-0.2, 0) is 4.79 Å². The number of aliphatic carboxylic acids is 1. The van der Waals surface area contributed by atoms with Gasteiger partial charge in [-0.25, -0.2) is 0 Å². The summed E-state index contributed by atoms with van der Waals surface area (Å²) < 4.78 is 10.5. The number of carbonyl (C=O) groups is 1. The molecule has 0 aromatic heterocycles. The third-order valence-corrected chi connectivity index (χ3v) is 2.53. The molecule has 0 aliphatic heterocycles. The van der Waals surface area contributed by atoms with Crippen LogP contribution in [0.1, 0.15) is 19.8 Å². The van der Waals surface area contributed by atoms with Gasteiger partial charge in [-0.05, 0) is 37.1 Å². The molecule has 0 saturated carbocycles. The van der Waals surface area contributed by atoms with Gasteiger partial charge in [0.25, 0.3) is 0 Å². The van der Waals surface area contributed by atoms with Crippen molar-refractivity contribution in [2.75, 3.05) is 13.7 Å². The van der Waals surface area contributed by atoms with E-state index in [4.69, 9.17) is 14.6 Å². The Bertz CT molecular complexity index is 345. The second-order valence-electron chi connectivity index (χ2n) is 3.91. The molecule has 0 bridgehead atoms. The van der Waals surface area contributed by atoms with Gasteiger partial charge < -0.3 is 14.6 Å². The lowest BCUT2D eigenvalue weighted by atomic mass is 10.1. The molecule has 0 radical (unpaired) electrons. The molecule has 4 heteroatoms. The molecule has 1 rings (SSSR count). The van der Waals surface area contributed by atoms with Gasteiger partial charge in [0.05, 0.1) is 19.6 Å². The van der Waals surface area contributed by atoms with Gasteiger partial charge in [0, 0.05) is 0 Å². The average molecular weight is 238 g/mol. The summed E-state index contributed by atoms with van der Waals surface area (Å²) in [7, 11) is 1.61. The van der Waals surface area contributed by atoms with E-state index in [1.807, 2.05) is 24.3 Å². The summed E-state index contributed by atoms with van der Waals surface area (Å²) in [6.07, 6.45) is 1.37. The molecule has 4 nitrogen and oxygen atoms in total. The number of methoxy groups -OCH3 is 1. The number of ether oxygens (including phenoxy) is 2. The molecular formula is C13H18O4. The largest absolute Gasteiger partial charge is 0.497 e. The van der Waals surface area contributed by atoms with Crippen LogP contribution in [0.2, 0.25) is 0 Å². The fourth-order valence-electron chi connectivity index (χ4n) is 1.37. The van der Waals surface area contributed by atoms with Gasteiger partial charge in [-0.2, -0.15) is 0 Å². The van der Waals surface area contributed by atoms with E-state index >= 15 is 0 Å². The molecule has 17 heavy (non-hydrogen) atoms. The van der Waals surface area contributed by atoms with Gasteiger partial charge in [0.15, 0.2) is 0 Å². The van der Waals surface area contributed by atoms with Gasteiger partial charge in [0.2, 0.25) is 0 Å². The molecule has 0 amide bonds. The van der Waals surface area contributed by atoms with Crippen molar-refractivity contribution in [1.82, 2.24) is 0 Å². The van der Waals surface area contributed by atoms with Crippen molar-refractivity contribution in [3.63, 3.8) is 0 Å². The standard InChI is InChI=1S/C13H18O4/c1-10(13(14)15)4-3-9-17-12-7-5-11(16-2)6-8-12/h5-8,10H,3-4,9H2,1-2H3,(H,14,15). The first-order valence-electron chi connectivity index (χ1n) is 5.63. The van der Waals surface area contributed by atoms with Crippen molar-refractivity contribution in [1.29, 1.82) is 0 Å². The van der Waals surface area contributed by atoms with Crippen molar-refractivity contribution >= 4 is 5.97 Å². The monoisotopic (exact) mass is 238 g/mol. The molecular weight excluding hydrogens is 220 g/mol. The zero-order valence-electron chi connectivity index (χ0n) is 10.2. The van der Waals surface area contributed by atoms with E-state index in [-0.39, 0.29) is 5.92 Å². The van der Waals surface area contributed by atoms with E-state index in [1.165, 1.54) is 0 Å². The Kier molecular flexibility index (Phi) is 5.33. The molecule has 1 aromatic carbocycles. The summed E-state index contributed by atoms with van der Waals surface area (Å²) in [5.41, 5.74) is 0. The van der Waals surface area contributed by atoms with E-state index in [2.05, 4.69) is 0 Å². The van der Waals surface area contributed by atoms with Crippen LogP contribution in [0.3, 0.4) is 0 Å². The summed E-state index contributed by atoms with van der Waals surface area (Å²) >= 11 is 0. The van der Waals surface area contributed by atoms with E-state index < -0.39 is 5.97 Å². The van der Waals surface area contributed by atoms with E-state index in [0.717, 1.165) is 17.9 Å². The molecule has 0 fully saturated rings. The molecule has 0 aliphatic rings. The smallest absolute Gasteiger partial charge is 0.306 e. The Balaban J connectivity index is 2.24. The normalized spacial score (nSPS) is 11.9. The summed E-state index contributed by atoms with van der Waals surface area (Å²) in [6.45, 7) is 2.24. The van der Waals surface area contributed by atoms with Crippen LogP contribution in [0.25, 0.3) is 0 Å². The van der Waals surface area contributed by atoms with Gasteiger partial charge in [-0.3, -0.25) is 4.79 Å². The SMILES string of the molecule is COc1ccc(OCCCC(C)C(=O)O)cc1. The highest BCUT2D eigenvalue weighted by Gasteiger charge is 2.09. The molecule has 1 unspecified atom stereocenters. The van der Waals surface area contributed by atoms with Crippen LogP contribution >= 0.6 is 0 Å². The first kappa shape index (κ1) is 13.4. The Labute approximate surface area is 101 Å². The van der Waals surface area contributed by atoms with Gasteiger partial charge in [-0.15, -0.1) is 0 Å². The zero-order valence-corrected chi connectivity index (χ0v) is 10.2. The predicted molar refractivity (Wildman–Crippen MR) is 64.5 cm³/mol. The topological polar surface area (TPSA) is 55.8 Å². The fourth-order valence-corrected chi connectivity index (χ4v) is 1.37. The lowest BCUT2D eigenvalue weighted by molar-refractivity contribution is -0.141. The van der Waals surface area contributed by atoms with E-state index in [1.54, 1.807) is 14.0 Å². The minimum Gasteiger partial charge on any atom is -0.497 e. The Morgan fingerprint density at radius 3 is 2.41 bits per heavy atom. The van der Waals surface area contributed by atoms with Crippen LogP contribution in [0.4, 0.5) is 0 Å². The molecule has 0 spiro atoms. The van der Waals surface area contributed by atoms with Crippen LogP contribution in [0.5, 0.6) is 11.5 Å². The van der Waals surface area contributed by atoms with Gasteiger partial charge in [0.1, 0.15) is 11.5 Å². The molecule has 0 heterocycles. The van der Waals surface area contributed by atoms with Crippen LogP contribution < -0.4 is 9.47 Å². The summed E-state index contributed by atoms with van der Waals surface area (Å²) in [5, 5.41) is 8.70. The summed E-state index contributed by atoms with van der Waals surface area (Å²) in [5.74, 6) is 0.495. The molecule has 0 saturated heterocycles. The number of rotatable bonds is 7. The maximum Gasteiger partial charge on any atom is 0.306 e. The summed E-state index contributed by atoms with van der Waals surface area (Å²) in [6, 6.07) is 7.32. The van der Waals surface area contributed by atoms with Crippen molar-refractivity contribution in [2.45, 2.75) is 19.8 Å². The van der Waals surface area contributed by atoms with Crippen molar-refractivity contribution in [3.8, 4) is 11.5 Å². The fraction of sp³-hybridized carbons (Fsp3) is 0.462. The molecule has 0 aliphatic carbocycles. The van der Waals surface area contributed by atoms with Gasteiger partial charge >= 0.3 is 5.97 Å². The Morgan fingerprint density at radius 2 is 1.88 bits per heavy atom. The number of hydrogen-bond donors (Lipinski definition) is 1. The van der Waals surface area contributed by atoms with Crippen LogP contribution in [0.15, 0.2) is 24.3 Å². The summed E-state index contributed by atoms with van der Waals surface area (Å²) in [4.78, 5) is 10.6. The van der Waals surface area contributed by atoms with E-state index in [0.29, 0.717) is 13.0 Å². The lowest BCUT2D eigenvalue weighted by Crippen LogP contribution is -2.10. The molecule has 1 aromatic rings. The average Bonchev–Trinajstić information content (AvgIpc) is 2.35. The van der Waals surface area contributed by atoms with Crippen molar-refractivity contribution < 1.29 is 19.4 Å². The van der Waals surface area contributed by atoms with Crippen LogP contribution in [0, 0.1) is 5.92 Å². The minimum absolute atomic E-state index is 0.311. The first-order chi connectivity index (χ1) is 8.13. The maximum absolute atomic E-state index is 10.6. The molecule has 94 valence electrons. The van der Waals surface area contributed by atoms with Crippen LogP contribution in [-0.4, -0.2) is 24.8 Å². The number of carboxylic acid groups (broad SMARTS) is 1. The molecule has 1 atom stereocenters. The van der Waals surface area contributed by atoms with Crippen molar-refractivity contribution in [3.05, 3.63) is 24.3 Å². The Hall–Kier alpha value is -1.71. The second kappa shape index (κ2) is 6.78. The minimum atomic E-state index is -0.755. The maximum atomic E-state index is 10.6. The lowest BCUT2D eigenvalue weighted by Gasteiger charge is -2.08. The number of benzene rings is 1. The third kappa shape index (κ3) is 4.76. The molecule has 1 N–H and O–H groups in total. The number of hydrogen-bond acceptors (Lipinski definition) is 3. The van der Waals surface area contributed by atoms with Crippen molar-refractivity contribution in [2.24, 2.45) is 5.92 Å². The van der Waals surface area contributed by atoms with E-state index in [9.17, 15) is 4.79 Å². The highest BCUT2D eigenvalue weighted by Crippen LogP contribution is 2.17. The quantitative estimate of drug-likeness (QED) is 0.742. The predicted octanol–water partition coefficient (Wildman–Crippen LogP) is 2.57. The highest BCUT2D eigenvalue weighted by molar-refractivity contribution is 5.69. The second-order valence-corrected chi connectivity index (χ2v) is 3.91. The first-order valence-corrected chi connectivity index (χ1v) is 5.63. The third-order valence-electron chi connectivity index (χ3n) is 2.53. The number of carboxylic acids is 1. The zero-order chi connectivity index (χ0) is 12.7.